The summed E-state index contributed by atoms with van der Waals surface area (Å²) in [5, 5.41) is 18.6. The van der Waals surface area contributed by atoms with Gasteiger partial charge in [-0.05, 0) is 23.9 Å². The second kappa shape index (κ2) is 8.33. The van der Waals surface area contributed by atoms with Crippen LogP contribution < -0.4 is 5.32 Å². The minimum Gasteiger partial charge on any atom is -0.290 e. The molecule has 0 spiro atoms. The summed E-state index contributed by atoms with van der Waals surface area (Å²) in [5.41, 5.74) is -1.94. The topological polar surface area (TPSA) is 114 Å². The summed E-state index contributed by atoms with van der Waals surface area (Å²) < 4.78 is 37.6. The van der Waals surface area contributed by atoms with Crippen molar-refractivity contribution in [1.82, 2.24) is 15.2 Å². The SMILES string of the molecule is O=C(Nc1nc(Sc2ccc(C(F)(F)F)cc2[N+](=O)[O-])n[nH]1)C(Cl)=C(Cl)Cl. The molecule has 1 heterocycles. The molecule has 27 heavy (non-hydrogen) atoms. The van der Waals surface area contributed by atoms with Gasteiger partial charge in [-0.15, -0.1) is 5.10 Å². The molecule has 0 aliphatic rings. The van der Waals surface area contributed by atoms with E-state index in [4.69, 9.17) is 34.8 Å². The number of halogens is 6. The molecule has 0 fully saturated rings. The van der Waals surface area contributed by atoms with Crippen molar-refractivity contribution in [3.8, 4) is 0 Å². The Labute approximate surface area is 167 Å². The molecule has 0 saturated carbocycles. The van der Waals surface area contributed by atoms with Crippen molar-refractivity contribution in [3.05, 3.63) is 43.4 Å². The molecule has 0 aliphatic heterocycles. The van der Waals surface area contributed by atoms with Gasteiger partial charge in [0.2, 0.25) is 11.1 Å². The standard InChI is InChI=1S/C12H5Cl3F3N5O3S/c13-7(8(14)15)9(24)19-10-20-11(22-21-10)27-6-2-1-4(12(16,17)18)3-5(6)23(25)26/h1-3H,(H2,19,20,21,22,24). The summed E-state index contributed by atoms with van der Waals surface area (Å²) in [6, 6.07) is 2.02. The van der Waals surface area contributed by atoms with Crippen molar-refractivity contribution >= 4 is 64.1 Å². The first-order valence-electron chi connectivity index (χ1n) is 6.47. The van der Waals surface area contributed by atoms with Crippen LogP contribution in [0.5, 0.6) is 0 Å². The zero-order chi connectivity index (χ0) is 20.4. The van der Waals surface area contributed by atoms with Gasteiger partial charge >= 0.3 is 6.18 Å². The van der Waals surface area contributed by atoms with E-state index in [0.717, 1.165) is 6.07 Å². The highest BCUT2D eigenvalue weighted by molar-refractivity contribution is 7.99. The molecule has 15 heteroatoms. The smallest absolute Gasteiger partial charge is 0.290 e. The number of hydrogen-bond acceptors (Lipinski definition) is 6. The monoisotopic (exact) mass is 461 g/mol. The lowest BCUT2D eigenvalue weighted by atomic mass is 10.2. The Morgan fingerprint density at radius 1 is 1.30 bits per heavy atom. The van der Waals surface area contributed by atoms with E-state index in [1.54, 1.807) is 0 Å². The highest BCUT2D eigenvalue weighted by Gasteiger charge is 2.33. The minimum atomic E-state index is -4.73. The molecule has 0 aliphatic carbocycles. The number of H-pyrrole nitrogens is 1. The predicted octanol–water partition coefficient (Wildman–Crippen LogP) is 4.71. The van der Waals surface area contributed by atoms with Crippen LogP contribution in [-0.4, -0.2) is 26.0 Å². The van der Waals surface area contributed by atoms with Crippen LogP contribution in [0, 0.1) is 10.1 Å². The van der Waals surface area contributed by atoms with Crippen LogP contribution >= 0.6 is 46.6 Å². The van der Waals surface area contributed by atoms with E-state index in [9.17, 15) is 28.1 Å². The highest BCUT2D eigenvalue weighted by atomic mass is 35.5. The molecule has 2 rings (SSSR count). The number of benzene rings is 1. The molecule has 0 unspecified atom stereocenters. The number of anilines is 1. The number of nitro benzene ring substituents is 1. The average molecular weight is 463 g/mol. The third kappa shape index (κ3) is 5.48. The van der Waals surface area contributed by atoms with Gasteiger partial charge < -0.3 is 0 Å². The zero-order valence-electron chi connectivity index (χ0n) is 12.5. The summed E-state index contributed by atoms with van der Waals surface area (Å²) in [7, 11) is 0. The van der Waals surface area contributed by atoms with Gasteiger partial charge in [0.25, 0.3) is 11.6 Å². The van der Waals surface area contributed by atoms with Crippen LogP contribution in [0.3, 0.4) is 0 Å². The van der Waals surface area contributed by atoms with Crippen LogP contribution in [0.1, 0.15) is 5.56 Å². The Kier molecular flexibility index (Phi) is 6.57. The second-order valence-corrected chi connectivity index (χ2v) is 6.87. The Morgan fingerprint density at radius 3 is 2.52 bits per heavy atom. The normalized spacial score (nSPS) is 11.2. The van der Waals surface area contributed by atoms with Gasteiger partial charge in [-0.25, -0.2) is 5.10 Å². The number of carbonyl (C=O) groups excluding carboxylic acids is 1. The first-order valence-corrected chi connectivity index (χ1v) is 8.42. The quantitative estimate of drug-likeness (QED) is 0.378. The largest absolute Gasteiger partial charge is 0.416 e. The molecule has 1 amide bonds. The molecular formula is C12H5Cl3F3N5O3S. The molecule has 1 aromatic carbocycles. The van der Waals surface area contributed by atoms with E-state index < -0.39 is 37.8 Å². The molecule has 0 atom stereocenters. The summed E-state index contributed by atoms with van der Waals surface area (Å²) in [5.74, 6) is -1.09. The molecule has 2 aromatic rings. The van der Waals surface area contributed by atoms with E-state index in [1.807, 2.05) is 0 Å². The first kappa shape index (κ1) is 21.3. The molecule has 2 N–H and O–H groups in total. The van der Waals surface area contributed by atoms with Crippen molar-refractivity contribution < 1.29 is 22.9 Å². The maximum atomic E-state index is 12.7. The number of nitrogens with zero attached hydrogens (tertiary/aromatic N) is 3. The van der Waals surface area contributed by atoms with Crippen LogP contribution in [0.15, 0.2) is 37.8 Å². The van der Waals surface area contributed by atoms with Gasteiger partial charge in [0.05, 0.1) is 15.4 Å². The van der Waals surface area contributed by atoms with Crippen LogP contribution in [0.4, 0.5) is 24.8 Å². The predicted molar refractivity (Wildman–Crippen MR) is 91.8 cm³/mol. The fraction of sp³-hybridized carbons (Fsp3) is 0.0833. The van der Waals surface area contributed by atoms with E-state index in [0.29, 0.717) is 23.9 Å². The molecule has 144 valence electrons. The van der Waals surface area contributed by atoms with E-state index in [1.165, 1.54) is 0 Å². The van der Waals surface area contributed by atoms with Crippen molar-refractivity contribution in [1.29, 1.82) is 0 Å². The number of nitrogens with one attached hydrogen (secondary N) is 2. The highest BCUT2D eigenvalue weighted by Crippen LogP contribution is 2.38. The molecule has 8 nitrogen and oxygen atoms in total. The van der Waals surface area contributed by atoms with Crippen molar-refractivity contribution in [3.63, 3.8) is 0 Å². The lowest BCUT2D eigenvalue weighted by molar-refractivity contribution is -0.388. The van der Waals surface area contributed by atoms with Gasteiger partial charge in [0.15, 0.2) is 0 Å². The van der Waals surface area contributed by atoms with Gasteiger partial charge in [0, 0.05) is 6.07 Å². The number of alkyl halides is 3. The maximum Gasteiger partial charge on any atom is 0.416 e. The third-order valence-corrected chi connectivity index (χ3v) is 4.61. The second-order valence-electron chi connectivity index (χ2n) is 4.53. The molecular weight excluding hydrogens is 458 g/mol. The van der Waals surface area contributed by atoms with Crippen LogP contribution in [-0.2, 0) is 11.0 Å². The molecule has 0 bridgehead atoms. The molecule has 1 aromatic heterocycles. The van der Waals surface area contributed by atoms with E-state index in [-0.39, 0.29) is 16.0 Å². The van der Waals surface area contributed by atoms with Crippen molar-refractivity contribution in [2.45, 2.75) is 16.2 Å². The first-order chi connectivity index (χ1) is 12.5. The number of rotatable bonds is 5. The van der Waals surface area contributed by atoms with Crippen molar-refractivity contribution in [2.75, 3.05) is 5.32 Å². The summed E-state index contributed by atoms with van der Waals surface area (Å²) in [6.07, 6.45) is -4.73. The Morgan fingerprint density at radius 2 is 1.96 bits per heavy atom. The molecule has 0 radical (unpaired) electrons. The summed E-state index contributed by atoms with van der Waals surface area (Å²) >= 11 is 16.8. The van der Waals surface area contributed by atoms with Crippen LogP contribution in [0.2, 0.25) is 0 Å². The number of carbonyl (C=O) groups is 1. The number of aromatic nitrogens is 3. The lowest BCUT2D eigenvalue weighted by Gasteiger charge is -2.07. The average Bonchev–Trinajstić information content (AvgIpc) is 2.99. The number of amides is 1. The van der Waals surface area contributed by atoms with Gasteiger partial charge in [-0.1, -0.05) is 34.8 Å². The van der Waals surface area contributed by atoms with Gasteiger partial charge in [-0.2, -0.15) is 18.2 Å². The van der Waals surface area contributed by atoms with Crippen LogP contribution in [0.25, 0.3) is 0 Å². The maximum absolute atomic E-state index is 12.7. The Hall–Kier alpha value is -2.02. The number of nitro groups is 1. The lowest BCUT2D eigenvalue weighted by Crippen LogP contribution is -2.12. The number of hydrogen-bond donors (Lipinski definition) is 2. The zero-order valence-corrected chi connectivity index (χ0v) is 15.6. The number of aromatic amines is 1. The van der Waals surface area contributed by atoms with E-state index >= 15 is 0 Å². The van der Waals surface area contributed by atoms with Gasteiger partial charge in [0.1, 0.15) is 9.52 Å². The van der Waals surface area contributed by atoms with E-state index in [2.05, 4.69) is 20.5 Å². The minimum absolute atomic E-state index is 0.106. The Bertz CT molecular complexity index is 930. The Balaban J connectivity index is 2.23. The van der Waals surface area contributed by atoms with Gasteiger partial charge in [-0.3, -0.25) is 20.2 Å². The summed E-state index contributed by atoms with van der Waals surface area (Å²) in [4.78, 5) is 25.4. The fourth-order valence-electron chi connectivity index (χ4n) is 1.62. The third-order valence-electron chi connectivity index (χ3n) is 2.75. The fourth-order valence-corrected chi connectivity index (χ4v) is 2.64. The summed E-state index contributed by atoms with van der Waals surface area (Å²) in [6.45, 7) is 0. The molecule has 0 saturated heterocycles. The van der Waals surface area contributed by atoms with Crippen molar-refractivity contribution in [2.24, 2.45) is 0 Å².